The van der Waals surface area contributed by atoms with Crippen LogP contribution in [0.25, 0.3) is 16.9 Å². The summed E-state index contributed by atoms with van der Waals surface area (Å²) in [6.45, 7) is 3.11. The average Bonchev–Trinajstić information content (AvgIpc) is 3.58. The largest absolute Gasteiger partial charge is 0.393 e. The van der Waals surface area contributed by atoms with Crippen LogP contribution in [0.3, 0.4) is 0 Å². The van der Waals surface area contributed by atoms with E-state index in [4.69, 9.17) is 15.0 Å². The first-order chi connectivity index (χ1) is 17.7. The number of aliphatic hydroxyl groups is 1. The van der Waals surface area contributed by atoms with Gasteiger partial charge in [0.25, 0.3) is 0 Å². The fraction of sp³-hybridized carbons (Fsp3) is 0.444. The summed E-state index contributed by atoms with van der Waals surface area (Å²) in [5.41, 5.74) is 4.04. The number of benzene rings is 1. The summed E-state index contributed by atoms with van der Waals surface area (Å²) in [6.07, 6.45) is 7.27. The SMILES string of the molecule is OC1CCC(Nc2nc(NC3CCN(Cc4ccccc4)CC3)c3ncn(-c4ccsc4)c3n2)CC1. The van der Waals surface area contributed by atoms with Crippen molar-refractivity contribution < 1.29 is 5.11 Å². The van der Waals surface area contributed by atoms with E-state index in [1.807, 2.05) is 10.9 Å². The number of piperidine rings is 1. The molecule has 188 valence electrons. The van der Waals surface area contributed by atoms with E-state index >= 15 is 0 Å². The van der Waals surface area contributed by atoms with Crippen molar-refractivity contribution in [3.8, 4) is 5.69 Å². The predicted octanol–water partition coefficient (Wildman–Crippen LogP) is 4.67. The Kier molecular flexibility index (Phi) is 6.85. The lowest BCUT2D eigenvalue weighted by molar-refractivity contribution is 0.126. The third-order valence-corrected chi connectivity index (χ3v) is 8.06. The maximum atomic E-state index is 9.89. The van der Waals surface area contributed by atoms with E-state index in [9.17, 15) is 5.11 Å². The molecule has 0 unspecified atom stereocenters. The number of imidazole rings is 1. The lowest BCUT2D eigenvalue weighted by Crippen LogP contribution is -2.38. The molecular formula is C27H33N7OS. The zero-order valence-electron chi connectivity index (χ0n) is 20.4. The second-order valence-corrected chi connectivity index (χ2v) is 10.8. The van der Waals surface area contributed by atoms with Crippen LogP contribution in [0.1, 0.15) is 44.1 Å². The number of hydrogen-bond donors (Lipinski definition) is 3. The van der Waals surface area contributed by atoms with Crippen molar-refractivity contribution >= 4 is 34.3 Å². The standard InChI is InChI=1S/C27H33N7OS/c35-23-8-6-20(7-9-23)30-27-31-25(24-26(32-27)34(18-28-24)22-12-15-36-17-22)29-21-10-13-33(14-11-21)16-19-4-2-1-3-5-19/h1-5,12,15,17-18,20-21,23,35H,6-11,13-14,16H2,(H2,29,30,31,32). The van der Waals surface area contributed by atoms with Gasteiger partial charge in [-0.1, -0.05) is 30.3 Å². The Morgan fingerprint density at radius 2 is 1.69 bits per heavy atom. The molecule has 2 fully saturated rings. The van der Waals surface area contributed by atoms with Gasteiger partial charge in [0.15, 0.2) is 17.0 Å². The Labute approximate surface area is 215 Å². The van der Waals surface area contributed by atoms with E-state index in [1.165, 1.54) is 5.56 Å². The van der Waals surface area contributed by atoms with Crippen molar-refractivity contribution in [2.75, 3.05) is 23.7 Å². The average molecular weight is 504 g/mol. The molecule has 2 aliphatic rings. The second-order valence-electron chi connectivity index (χ2n) is 9.99. The monoisotopic (exact) mass is 503 g/mol. The van der Waals surface area contributed by atoms with E-state index in [-0.39, 0.29) is 12.1 Å². The fourth-order valence-corrected chi connectivity index (χ4v) is 5.95. The Morgan fingerprint density at radius 3 is 2.44 bits per heavy atom. The molecule has 6 rings (SSSR count). The lowest BCUT2D eigenvalue weighted by Gasteiger charge is -2.32. The summed E-state index contributed by atoms with van der Waals surface area (Å²) in [5, 5.41) is 21.3. The summed E-state index contributed by atoms with van der Waals surface area (Å²) in [7, 11) is 0. The van der Waals surface area contributed by atoms with E-state index in [1.54, 1.807) is 11.3 Å². The van der Waals surface area contributed by atoms with Crippen molar-refractivity contribution in [1.29, 1.82) is 0 Å². The van der Waals surface area contributed by atoms with Crippen LogP contribution >= 0.6 is 11.3 Å². The van der Waals surface area contributed by atoms with Crippen LogP contribution in [0.2, 0.25) is 0 Å². The van der Waals surface area contributed by atoms with Gasteiger partial charge >= 0.3 is 0 Å². The quantitative estimate of drug-likeness (QED) is 0.338. The van der Waals surface area contributed by atoms with Crippen LogP contribution in [-0.2, 0) is 6.54 Å². The normalized spacial score (nSPS) is 21.6. The summed E-state index contributed by atoms with van der Waals surface area (Å²) >= 11 is 1.66. The number of aromatic nitrogens is 4. The smallest absolute Gasteiger partial charge is 0.227 e. The molecule has 0 atom stereocenters. The lowest BCUT2D eigenvalue weighted by atomic mass is 9.93. The van der Waals surface area contributed by atoms with E-state index in [0.29, 0.717) is 12.0 Å². The highest BCUT2D eigenvalue weighted by molar-refractivity contribution is 7.08. The number of nitrogens with one attached hydrogen (secondary N) is 2. The number of anilines is 2. The molecule has 4 heterocycles. The number of fused-ring (bicyclic) bond motifs is 1. The van der Waals surface area contributed by atoms with Crippen LogP contribution in [0.4, 0.5) is 11.8 Å². The molecular weight excluding hydrogens is 470 g/mol. The molecule has 0 spiro atoms. The van der Waals surface area contributed by atoms with Gasteiger partial charge in [-0.15, -0.1) is 0 Å². The molecule has 4 aromatic rings. The molecule has 1 saturated carbocycles. The van der Waals surface area contributed by atoms with Crippen molar-refractivity contribution in [3.05, 3.63) is 59.0 Å². The third kappa shape index (κ3) is 5.23. The first-order valence-corrected chi connectivity index (χ1v) is 13.9. The first-order valence-electron chi connectivity index (χ1n) is 13.0. The van der Waals surface area contributed by atoms with Crippen LogP contribution < -0.4 is 10.6 Å². The summed E-state index contributed by atoms with van der Waals surface area (Å²) in [6, 6.07) is 13.4. The molecule has 0 radical (unpaired) electrons. The van der Waals surface area contributed by atoms with Crippen LogP contribution in [0, 0.1) is 0 Å². The number of hydrogen-bond acceptors (Lipinski definition) is 8. The van der Waals surface area contributed by atoms with Crippen molar-refractivity contribution in [1.82, 2.24) is 24.4 Å². The molecule has 1 aliphatic carbocycles. The molecule has 36 heavy (non-hydrogen) atoms. The number of aliphatic hydroxyl groups excluding tert-OH is 1. The topological polar surface area (TPSA) is 91.1 Å². The second kappa shape index (κ2) is 10.5. The van der Waals surface area contributed by atoms with Crippen molar-refractivity contribution in [3.63, 3.8) is 0 Å². The van der Waals surface area contributed by atoms with Gasteiger partial charge in [-0.3, -0.25) is 9.47 Å². The van der Waals surface area contributed by atoms with Gasteiger partial charge in [0, 0.05) is 37.1 Å². The fourth-order valence-electron chi connectivity index (χ4n) is 5.32. The van der Waals surface area contributed by atoms with Gasteiger partial charge in [-0.2, -0.15) is 21.3 Å². The highest BCUT2D eigenvalue weighted by Gasteiger charge is 2.24. The van der Waals surface area contributed by atoms with Gasteiger partial charge in [0.2, 0.25) is 5.95 Å². The Balaban J connectivity index is 1.21. The molecule has 0 bridgehead atoms. The van der Waals surface area contributed by atoms with Gasteiger partial charge in [-0.25, -0.2) is 4.98 Å². The molecule has 1 saturated heterocycles. The van der Waals surface area contributed by atoms with Crippen molar-refractivity contribution in [2.24, 2.45) is 0 Å². The molecule has 3 N–H and O–H groups in total. The number of thiophene rings is 1. The number of rotatable bonds is 7. The number of nitrogens with zero attached hydrogens (tertiary/aromatic N) is 5. The molecule has 0 amide bonds. The zero-order chi connectivity index (χ0) is 24.3. The minimum Gasteiger partial charge on any atom is -0.393 e. The van der Waals surface area contributed by atoms with E-state index in [0.717, 1.165) is 80.8 Å². The molecule has 3 aromatic heterocycles. The van der Waals surface area contributed by atoms with Crippen molar-refractivity contribution in [2.45, 2.75) is 63.3 Å². The maximum absolute atomic E-state index is 9.89. The molecule has 1 aromatic carbocycles. The van der Waals surface area contributed by atoms with Gasteiger partial charge < -0.3 is 15.7 Å². The molecule has 8 nitrogen and oxygen atoms in total. The number of likely N-dealkylation sites (tertiary alicyclic amines) is 1. The van der Waals surface area contributed by atoms with Gasteiger partial charge in [-0.05, 0) is 55.5 Å². The van der Waals surface area contributed by atoms with Crippen LogP contribution in [0.15, 0.2) is 53.5 Å². The summed E-state index contributed by atoms with van der Waals surface area (Å²) < 4.78 is 2.04. The highest BCUT2D eigenvalue weighted by Crippen LogP contribution is 2.28. The Bertz CT molecular complexity index is 1260. The predicted molar refractivity (Wildman–Crippen MR) is 145 cm³/mol. The van der Waals surface area contributed by atoms with Crippen LogP contribution in [-0.4, -0.2) is 60.8 Å². The van der Waals surface area contributed by atoms with Crippen LogP contribution in [0.5, 0.6) is 0 Å². The Morgan fingerprint density at radius 1 is 0.917 bits per heavy atom. The Hall–Kier alpha value is -3.01. The van der Waals surface area contributed by atoms with E-state index < -0.39 is 0 Å². The summed E-state index contributed by atoms with van der Waals surface area (Å²) in [5.74, 6) is 1.43. The highest BCUT2D eigenvalue weighted by atomic mass is 32.1. The minimum atomic E-state index is -0.184. The van der Waals surface area contributed by atoms with E-state index in [2.05, 4.69) is 62.7 Å². The molecule has 9 heteroatoms. The summed E-state index contributed by atoms with van der Waals surface area (Å²) in [4.78, 5) is 17.0. The van der Waals surface area contributed by atoms with Gasteiger partial charge in [0.05, 0.1) is 11.8 Å². The zero-order valence-corrected chi connectivity index (χ0v) is 21.2. The maximum Gasteiger partial charge on any atom is 0.227 e. The molecule has 1 aliphatic heterocycles. The minimum absolute atomic E-state index is 0.184. The third-order valence-electron chi connectivity index (χ3n) is 7.39. The van der Waals surface area contributed by atoms with Gasteiger partial charge in [0.1, 0.15) is 6.33 Å². The first kappa shape index (κ1) is 23.4.